The van der Waals surface area contributed by atoms with Crippen LogP contribution in [0.1, 0.15) is 24.8 Å². The smallest absolute Gasteiger partial charge is 0.484 e. The fraction of sp³-hybridized carbons (Fsp3) is 0.500. The number of hydrogen-bond acceptors (Lipinski definition) is 1. The van der Waals surface area contributed by atoms with E-state index in [0.717, 1.165) is 0 Å². The second kappa shape index (κ2) is 3.22. The highest BCUT2D eigenvalue weighted by Crippen LogP contribution is 2.82. The molecule has 0 radical (unpaired) electrons. The molecule has 1 nitrogen and oxygen atoms in total. The Morgan fingerprint density at radius 3 is 2.22 bits per heavy atom. The first-order chi connectivity index (χ1) is 8.32. The molecule has 3 fully saturated rings. The van der Waals surface area contributed by atoms with E-state index in [0.29, 0.717) is 5.56 Å². The number of hydrogen-bond donors (Lipinski definition) is 0. The van der Waals surface area contributed by atoms with E-state index < -0.39 is 23.5 Å². The van der Waals surface area contributed by atoms with E-state index in [2.05, 4.69) is 0 Å². The van der Waals surface area contributed by atoms with Crippen LogP contribution in [0.2, 0.25) is 5.31 Å². The molecule has 0 atom stereocenters. The third-order valence-electron chi connectivity index (χ3n) is 4.53. The third-order valence-corrected chi connectivity index (χ3v) is 4.53. The molecule has 98 valence electrons. The molecule has 2 bridgehead atoms. The monoisotopic (exact) mass is 259 g/mol. The average Bonchev–Trinajstić information content (AvgIpc) is 2.11. The summed E-state index contributed by atoms with van der Waals surface area (Å²) in [6.07, 6.45) is 0.361. The minimum atomic E-state index is -4.77. The lowest BCUT2D eigenvalue weighted by molar-refractivity contribution is -0.0402. The van der Waals surface area contributed by atoms with Crippen molar-refractivity contribution in [2.75, 3.05) is 7.11 Å². The molecule has 0 spiro atoms. The Balaban J connectivity index is 1.83. The van der Waals surface area contributed by atoms with Crippen molar-refractivity contribution in [3.63, 3.8) is 0 Å². The maximum Gasteiger partial charge on any atom is 0.484 e. The lowest BCUT2D eigenvalue weighted by atomic mass is 9.23. The minimum Gasteiger partial charge on any atom is -0.494 e. The molecule has 3 aliphatic rings. The van der Waals surface area contributed by atoms with Crippen molar-refractivity contribution in [1.82, 2.24) is 0 Å². The van der Waals surface area contributed by atoms with Gasteiger partial charge in [-0.05, 0) is 23.1 Å². The Labute approximate surface area is 102 Å². The Kier molecular flexibility index (Phi) is 2.12. The van der Waals surface area contributed by atoms with Gasteiger partial charge in [0.05, 0.1) is 7.11 Å². The van der Waals surface area contributed by atoms with E-state index in [-0.39, 0.29) is 25.0 Å². The van der Waals surface area contributed by atoms with E-state index in [9.17, 15) is 17.3 Å². The Hall–Kier alpha value is -1.20. The van der Waals surface area contributed by atoms with Gasteiger partial charge in [0.15, 0.2) is 11.6 Å². The third kappa shape index (κ3) is 1.29. The maximum atomic E-state index is 13.5. The molecule has 0 heterocycles. The van der Waals surface area contributed by atoms with Crippen LogP contribution in [0.15, 0.2) is 18.2 Å². The molecule has 0 aliphatic heterocycles. The van der Waals surface area contributed by atoms with Crippen LogP contribution in [0.4, 0.5) is 17.3 Å². The van der Waals surface area contributed by atoms with Crippen LogP contribution in [-0.4, -0.2) is 14.1 Å². The fourth-order valence-corrected chi connectivity index (χ4v) is 3.52. The molecule has 3 aliphatic carbocycles. The summed E-state index contributed by atoms with van der Waals surface area (Å²) in [4.78, 5) is 0. The lowest BCUT2D eigenvalue weighted by Crippen LogP contribution is -2.67. The van der Waals surface area contributed by atoms with Gasteiger partial charge >= 0.3 is 6.98 Å². The van der Waals surface area contributed by atoms with Gasteiger partial charge in [0.2, 0.25) is 0 Å². The second-order valence-electron chi connectivity index (χ2n) is 5.60. The first-order valence-electron chi connectivity index (χ1n) is 5.85. The predicted octanol–water partition coefficient (Wildman–Crippen LogP) is 3.86. The van der Waals surface area contributed by atoms with Crippen molar-refractivity contribution in [3.8, 4) is 5.75 Å². The van der Waals surface area contributed by atoms with E-state index >= 15 is 0 Å². The number of benzene rings is 1. The zero-order chi connectivity index (χ0) is 13.2. The van der Waals surface area contributed by atoms with Crippen molar-refractivity contribution in [3.05, 3.63) is 29.6 Å². The normalized spacial score (nSPS) is 33.6. The fourth-order valence-electron chi connectivity index (χ4n) is 3.52. The molecule has 0 saturated heterocycles. The van der Waals surface area contributed by atoms with Gasteiger partial charge in [0.25, 0.3) is 0 Å². The van der Waals surface area contributed by atoms with Crippen molar-refractivity contribution in [2.45, 2.75) is 30.0 Å². The average molecular weight is 259 g/mol. The molecule has 1 aromatic carbocycles. The molecule has 0 N–H and O–H groups in total. The van der Waals surface area contributed by atoms with Gasteiger partial charge in [-0.15, -0.1) is 0 Å². The molecule has 6 heteroatoms. The lowest BCUT2D eigenvalue weighted by Gasteiger charge is -2.75. The molecule has 3 saturated carbocycles. The van der Waals surface area contributed by atoms with Crippen LogP contribution in [0.25, 0.3) is 0 Å². The van der Waals surface area contributed by atoms with Crippen LogP contribution in [0, 0.1) is 5.82 Å². The summed E-state index contributed by atoms with van der Waals surface area (Å²) in [5.41, 5.74) is 0.229. The summed E-state index contributed by atoms with van der Waals surface area (Å²) in [5.74, 6) is -0.383. The molecule has 0 aromatic heterocycles. The van der Waals surface area contributed by atoms with E-state index in [1.165, 1.54) is 19.2 Å². The van der Waals surface area contributed by atoms with Gasteiger partial charge in [-0.2, -0.15) is 0 Å². The Morgan fingerprint density at radius 1 is 1.17 bits per heavy atom. The summed E-state index contributed by atoms with van der Waals surface area (Å²) in [5, 5.41) is -1.43. The second-order valence-corrected chi connectivity index (χ2v) is 5.60. The topological polar surface area (TPSA) is 9.23 Å². The number of methoxy groups -OCH3 is 1. The molecule has 18 heavy (non-hydrogen) atoms. The van der Waals surface area contributed by atoms with Gasteiger partial charge in [0.1, 0.15) is 0 Å². The van der Waals surface area contributed by atoms with Crippen LogP contribution in [0.5, 0.6) is 5.75 Å². The molecule has 4 rings (SSSR count). The molecular formula is C12H12BF4O-. The zero-order valence-electron chi connectivity index (χ0n) is 9.85. The first-order valence-corrected chi connectivity index (χ1v) is 5.85. The number of rotatable bonds is 3. The van der Waals surface area contributed by atoms with Crippen molar-refractivity contribution in [1.29, 1.82) is 0 Å². The van der Waals surface area contributed by atoms with Crippen molar-refractivity contribution in [2.24, 2.45) is 0 Å². The Morgan fingerprint density at radius 2 is 1.78 bits per heavy atom. The molecule has 1 aromatic rings. The summed E-state index contributed by atoms with van der Waals surface area (Å²) < 4.78 is 56.7. The molecule has 0 amide bonds. The van der Waals surface area contributed by atoms with E-state index in [4.69, 9.17) is 4.74 Å². The Bertz CT molecular complexity index is 492. The standard InChI is InChI=1S/C12H12BF4O/c1-18-10-3-2-8(4-9(10)14)11-5-12(6-11,7-11)13(15,16)17/h2-4H,5-7H2,1H3/q-1. The first kappa shape index (κ1) is 11.9. The van der Waals surface area contributed by atoms with E-state index in [1.807, 2.05) is 0 Å². The summed E-state index contributed by atoms with van der Waals surface area (Å²) in [7, 11) is 1.36. The highest BCUT2D eigenvalue weighted by atomic mass is 19.4. The number of ether oxygens (including phenoxy) is 1. The van der Waals surface area contributed by atoms with Gasteiger partial charge in [0, 0.05) is 0 Å². The van der Waals surface area contributed by atoms with Gasteiger partial charge in [-0.3, -0.25) is 0 Å². The molecule has 0 unspecified atom stereocenters. The minimum absolute atomic E-state index is 0.120. The van der Waals surface area contributed by atoms with Gasteiger partial charge in [-0.1, -0.05) is 30.6 Å². The largest absolute Gasteiger partial charge is 0.494 e. The molecular weight excluding hydrogens is 247 g/mol. The van der Waals surface area contributed by atoms with Crippen LogP contribution < -0.4 is 4.74 Å². The summed E-state index contributed by atoms with van der Waals surface area (Å²) >= 11 is 0. The van der Waals surface area contributed by atoms with Crippen molar-refractivity contribution < 1.29 is 22.1 Å². The predicted molar refractivity (Wildman–Crippen MR) is 60.3 cm³/mol. The zero-order valence-corrected chi connectivity index (χ0v) is 9.85. The summed E-state index contributed by atoms with van der Waals surface area (Å²) in [6, 6.07) is 4.47. The highest BCUT2D eigenvalue weighted by Gasteiger charge is 2.74. The van der Waals surface area contributed by atoms with E-state index in [1.54, 1.807) is 6.07 Å². The quantitative estimate of drug-likeness (QED) is 0.591. The van der Waals surface area contributed by atoms with Gasteiger partial charge < -0.3 is 17.7 Å². The SMILES string of the molecule is COc1ccc(C23CC([B-](F)(F)F)(C2)C3)cc1F. The van der Waals surface area contributed by atoms with Crippen LogP contribution in [0.3, 0.4) is 0 Å². The highest BCUT2D eigenvalue weighted by molar-refractivity contribution is 6.63. The van der Waals surface area contributed by atoms with Crippen molar-refractivity contribution >= 4 is 6.98 Å². The summed E-state index contributed by atoms with van der Waals surface area (Å²) in [6.45, 7) is -4.77. The van der Waals surface area contributed by atoms with Crippen LogP contribution in [-0.2, 0) is 5.41 Å². The van der Waals surface area contributed by atoms with Gasteiger partial charge in [-0.25, -0.2) is 4.39 Å². The van der Waals surface area contributed by atoms with Crippen LogP contribution >= 0.6 is 0 Å². The number of halogens is 4. The maximum absolute atomic E-state index is 13.5.